The van der Waals surface area contributed by atoms with Crippen molar-refractivity contribution in [3.8, 4) is 0 Å². The van der Waals surface area contributed by atoms with E-state index in [0.29, 0.717) is 30.1 Å². The molecule has 0 unspecified atom stereocenters. The Balaban J connectivity index is 2.90. The number of hydrogen-bond donors (Lipinski definition) is 0. The molecule has 0 radical (unpaired) electrons. The van der Waals surface area contributed by atoms with Crippen molar-refractivity contribution in [3.05, 3.63) is 35.1 Å². The summed E-state index contributed by atoms with van der Waals surface area (Å²) in [5.74, 6) is 0.0858. The zero-order valence-corrected chi connectivity index (χ0v) is 13.1. The Morgan fingerprint density at radius 2 is 1.90 bits per heavy atom. The van der Waals surface area contributed by atoms with Crippen LogP contribution in [-0.4, -0.2) is 49.4 Å². The van der Waals surface area contributed by atoms with Gasteiger partial charge < -0.3 is 9.80 Å². The molecule has 0 aromatic heterocycles. The van der Waals surface area contributed by atoms with Gasteiger partial charge in [0.05, 0.1) is 0 Å². The van der Waals surface area contributed by atoms with Gasteiger partial charge >= 0.3 is 0 Å². The Labute approximate surface area is 121 Å². The standard InChI is InChI=1S/C16H25FN2O/c1-12(2)11-19(9-8-18(4)5)16(20)15-7-6-14(17)10-13(15)3/h6-7,10,12H,8-9,11H2,1-5H3. The lowest BCUT2D eigenvalue weighted by Gasteiger charge is -2.26. The molecule has 1 rings (SSSR count). The van der Waals surface area contributed by atoms with Crippen molar-refractivity contribution in [1.29, 1.82) is 0 Å². The zero-order chi connectivity index (χ0) is 15.3. The molecule has 0 atom stereocenters. The number of hydrogen-bond acceptors (Lipinski definition) is 2. The SMILES string of the molecule is Cc1cc(F)ccc1C(=O)N(CCN(C)C)CC(C)C. The number of carbonyl (C=O) groups is 1. The molecule has 0 saturated carbocycles. The molecule has 1 amide bonds. The van der Waals surface area contributed by atoms with Gasteiger partial charge in [-0.2, -0.15) is 0 Å². The van der Waals surface area contributed by atoms with Crippen LogP contribution in [0.2, 0.25) is 0 Å². The Hall–Kier alpha value is -1.42. The van der Waals surface area contributed by atoms with Crippen LogP contribution in [0.15, 0.2) is 18.2 Å². The molecule has 0 aliphatic carbocycles. The maximum Gasteiger partial charge on any atom is 0.254 e. The Bertz CT molecular complexity index is 458. The monoisotopic (exact) mass is 280 g/mol. The summed E-state index contributed by atoms with van der Waals surface area (Å²) >= 11 is 0. The van der Waals surface area contributed by atoms with Crippen molar-refractivity contribution in [3.63, 3.8) is 0 Å². The molecule has 0 bridgehead atoms. The molecular weight excluding hydrogens is 255 g/mol. The second kappa shape index (κ2) is 7.39. The number of aryl methyl sites for hydroxylation is 1. The number of amides is 1. The quantitative estimate of drug-likeness (QED) is 0.800. The van der Waals surface area contributed by atoms with E-state index < -0.39 is 0 Å². The van der Waals surface area contributed by atoms with Gasteiger partial charge in [0, 0.05) is 25.2 Å². The van der Waals surface area contributed by atoms with E-state index in [9.17, 15) is 9.18 Å². The minimum atomic E-state index is -0.303. The van der Waals surface area contributed by atoms with Gasteiger partial charge in [0.15, 0.2) is 0 Å². The first-order chi connectivity index (χ1) is 9.31. The molecule has 0 N–H and O–H groups in total. The average molecular weight is 280 g/mol. The van der Waals surface area contributed by atoms with Crippen molar-refractivity contribution in [2.75, 3.05) is 33.7 Å². The van der Waals surface area contributed by atoms with E-state index in [1.54, 1.807) is 13.0 Å². The van der Waals surface area contributed by atoms with Gasteiger partial charge in [-0.05, 0) is 50.7 Å². The zero-order valence-electron chi connectivity index (χ0n) is 13.1. The summed E-state index contributed by atoms with van der Waals surface area (Å²) in [6.07, 6.45) is 0. The van der Waals surface area contributed by atoms with Crippen LogP contribution in [0, 0.1) is 18.7 Å². The van der Waals surface area contributed by atoms with Crippen molar-refractivity contribution in [1.82, 2.24) is 9.80 Å². The van der Waals surface area contributed by atoms with Crippen LogP contribution in [0.4, 0.5) is 4.39 Å². The van der Waals surface area contributed by atoms with Crippen LogP contribution < -0.4 is 0 Å². The summed E-state index contributed by atoms with van der Waals surface area (Å²) in [4.78, 5) is 16.5. The third kappa shape index (κ3) is 4.93. The number of benzene rings is 1. The summed E-state index contributed by atoms with van der Waals surface area (Å²) in [5, 5.41) is 0. The van der Waals surface area contributed by atoms with Crippen LogP contribution in [-0.2, 0) is 0 Å². The second-order valence-corrected chi connectivity index (χ2v) is 5.91. The highest BCUT2D eigenvalue weighted by Crippen LogP contribution is 2.14. The molecule has 0 fully saturated rings. The fourth-order valence-electron chi connectivity index (χ4n) is 2.07. The predicted octanol–water partition coefficient (Wildman–Crippen LogP) is 2.79. The summed E-state index contributed by atoms with van der Waals surface area (Å²) in [7, 11) is 3.97. The van der Waals surface area contributed by atoms with Gasteiger partial charge in [-0.15, -0.1) is 0 Å². The fourth-order valence-corrected chi connectivity index (χ4v) is 2.07. The fraction of sp³-hybridized carbons (Fsp3) is 0.562. The molecule has 0 heterocycles. The summed E-state index contributed by atoms with van der Waals surface area (Å²) in [6, 6.07) is 4.34. The Kier molecular flexibility index (Phi) is 6.14. The molecule has 20 heavy (non-hydrogen) atoms. The van der Waals surface area contributed by atoms with Gasteiger partial charge in [0.2, 0.25) is 0 Å². The van der Waals surface area contributed by atoms with E-state index in [1.807, 2.05) is 19.0 Å². The Morgan fingerprint density at radius 3 is 2.40 bits per heavy atom. The lowest BCUT2D eigenvalue weighted by atomic mass is 10.1. The van der Waals surface area contributed by atoms with Gasteiger partial charge in [0.25, 0.3) is 5.91 Å². The van der Waals surface area contributed by atoms with Gasteiger partial charge in [0.1, 0.15) is 5.82 Å². The van der Waals surface area contributed by atoms with E-state index in [2.05, 4.69) is 18.7 Å². The summed E-state index contributed by atoms with van der Waals surface area (Å²) < 4.78 is 13.1. The van der Waals surface area contributed by atoms with E-state index in [4.69, 9.17) is 0 Å². The molecule has 0 aliphatic rings. The lowest BCUT2D eigenvalue weighted by Crippen LogP contribution is -2.39. The smallest absolute Gasteiger partial charge is 0.254 e. The molecule has 0 saturated heterocycles. The molecule has 0 aliphatic heterocycles. The number of likely N-dealkylation sites (N-methyl/N-ethyl adjacent to an activating group) is 1. The first kappa shape index (κ1) is 16.6. The molecular formula is C16H25FN2O. The normalized spacial score (nSPS) is 11.2. The molecule has 4 heteroatoms. The van der Waals surface area contributed by atoms with Gasteiger partial charge in [-0.3, -0.25) is 4.79 Å². The maximum atomic E-state index is 13.1. The van der Waals surface area contributed by atoms with E-state index in [1.165, 1.54) is 12.1 Å². The molecule has 112 valence electrons. The lowest BCUT2D eigenvalue weighted by molar-refractivity contribution is 0.0724. The largest absolute Gasteiger partial charge is 0.337 e. The maximum absolute atomic E-state index is 13.1. The van der Waals surface area contributed by atoms with Crippen molar-refractivity contribution < 1.29 is 9.18 Å². The van der Waals surface area contributed by atoms with E-state index >= 15 is 0 Å². The molecule has 1 aromatic rings. The third-order valence-electron chi connectivity index (χ3n) is 3.11. The minimum absolute atomic E-state index is 0.0157. The van der Waals surface area contributed by atoms with Crippen LogP contribution in [0.3, 0.4) is 0 Å². The highest BCUT2D eigenvalue weighted by Gasteiger charge is 2.18. The number of rotatable bonds is 6. The van der Waals surface area contributed by atoms with Gasteiger partial charge in [-0.25, -0.2) is 4.39 Å². The van der Waals surface area contributed by atoms with Gasteiger partial charge in [-0.1, -0.05) is 13.8 Å². The first-order valence-corrected chi connectivity index (χ1v) is 7.01. The van der Waals surface area contributed by atoms with Crippen molar-refractivity contribution in [2.45, 2.75) is 20.8 Å². The highest BCUT2D eigenvalue weighted by atomic mass is 19.1. The molecule has 0 spiro atoms. The average Bonchev–Trinajstić information content (AvgIpc) is 2.33. The van der Waals surface area contributed by atoms with Crippen LogP contribution >= 0.6 is 0 Å². The topological polar surface area (TPSA) is 23.6 Å². The van der Waals surface area contributed by atoms with E-state index in [-0.39, 0.29) is 11.7 Å². The van der Waals surface area contributed by atoms with Crippen LogP contribution in [0.25, 0.3) is 0 Å². The highest BCUT2D eigenvalue weighted by molar-refractivity contribution is 5.95. The minimum Gasteiger partial charge on any atom is -0.337 e. The van der Waals surface area contributed by atoms with Crippen molar-refractivity contribution >= 4 is 5.91 Å². The first-order valence-electron chi connectivity index (χ1n) is 7.01. The van der Waals surface area contributed by atoms with Crippen LogP contribution in [0.1, 0.15) is 29.8 Å². The summed E-state index contributed by atoms with van der Waals surface area (Å²) in [5.41, 5.74) is 1.28. The van der Waals surface area contributed by atoms with E-state index in [0.717, 1.165) is 6.54 Å². The number of nitrogens with zero attached hydrogens (tertiary/aromatic N) is 2. The second-order valence-electron chi connectivity index (χ2n) is 5.91. The third-order valence-corrected chi connectivity index (χ3v) is 3.11. The van der Waals surface area contributed by atoms with Crippen LogP contribution in [0.5, 0.6) is 0 Å². The molecule has 3 nitrogen and oxygen atoms in total. The summed E-state index contributed by atoms with van der Waals surface area (Å²) in [6.45, 7) is 8.17. The Morgan fingerprint density at radius 1 is 1.25 bits per heavy atom. The predicted molar refractivity (Wildman–Crippen MR) is 80.4 cm³/mol. The molecule has 1 aromatic carbocycles. The van der Waals surface area contributed by atoms with Crippen molar-refractivity contribution in [2.24, 2.45) is 5.92 Å². The number of halogens is 1. The number of carbonyl (C=O) groups excluding carboxylic acids is 1.